The molecular weight excluding hydrogens is 455 g/mol. The number of fused-ring (bicyclic) bond motifs is 1. The fraction of sp³-hybridized carbons (Fsp3) is 0.0476. The number of nitrogens with zero attached hydrogens (tertiary/aromatic N) is 2. The molecular formula is C21H15IN2O3. The summed E-state index contributed by atoms with van der Waals surface area (Å²) in [7, 11) is 0. The quantitative estimate of drug-likeness (QED) is 0.323. The van der Waals surface area contributed by atoms with Crippen LogP contribution in [0.5, 0.6) is 5.75 Å². The van der Waals surface area contributed by atoms with Crippen molar-refractivity contribution >= 4 is 45.6 Å². The van der Waals surface area contributed by atoms with E-state index in [1.165, 1.54) is 0 Å². The van der Waals surface area contributed by atoms with Gasteiger partial charge < -0.3 is 14.6 Å². The monoisotopic (exact) mass is 470 g/mol. The number of rotatable bonds is 4. The van der Waals surface area contributed by atoms with E-state index >= 15 is 0 Å². The number of aromatic nitrogens is 1. The highest BCUT2D eigenvalue weighted by molar-refractivity contribution is 14.1. The molecule has 0 saturated heterocycles. The first-order valence-corrected chi connectivity index (χ1v) is 9.33. The maximum atomic E-state index is 9.93. The van der Waals surface area contributed by atoms with Crippen molar-refractivity contribution in [2.45, 2.75) is 6.61 Å². The van der Waals surface area contributed by atoms with Gasteiger partial charge in [-0.1, -0.05) is 12.1 Å². The van der Waals surface area contributed by atoms with E-state index in [2.05, 4.69) is 32.6 Å². The topological polar surface area (TPSA) is 78.9 Å². The number of hydrogen-bond acceptors (Lipinski definition) is 5. The van der Waals surface area contributed by atoms with E-state index in [1.54, 1.807) is 24.4 Å². The lowest BCUT2D eigenvalue weighted by molar-refractivity contribution is 0.281. The number of hydrogen-bond donors (Lipinski definition) is 2. The van der Waals surface area contributed by atoms with Crippen LogP contribution in [0.4, 0.5) is 5.69 Å². The van der Waals surface area contributed by atoms with Crippen LogP contribution in [0.25, 0.3) is 22.6 Å². The van der Waals surface area contributed by atoms with Crippen LogP contribution >= 0.6 is 22.6 Å². The lowest BCUT2D eigenvalue weighted by Gasteiger charge is -2.01. The van der Waals surface area contributed by atoms with Crippen LogP contribution in [0.1, 0.15) is 11.1 Å². The Kier molecular flexibility index (Phi) is 4.91. The molecule has 27 heavy (non-hydrogen) atoms. The standard InChI is InChI=1S/C21H15IN2O3/c22-16-3-1-2-14(9-16)21-24-18-10-17(5-7-20(18)27-21)23-11-15-8-13(12-25)4-6-19(15)26/h1-11,25-26H,12H2. The number of aliphatic hydroxyl groups excluding tert-OH is 1. The first kappa shape index (κ1) is 17.7. The van der Waals surface area contributed by atoms with Crippen molar-refractivity contribution < 1.29 is 14.6 Å². The van der Waals surface area contributed by atoms with Gasteiger partial charge in [-0.15, -0.1) is 0 Å². The number of aliphatic hydroxyl groups is 1. The van der Waals surface area contributed by atoms with Gasteiger partial charge in [0.1, 0.15) is 11.3 Å². The van der Waals surface area contributed by atoms with Crippen LogP contribution in [-0.2, 0) is 6.61 Å². The third-order valence-electron chi connectivity index (χ3n) is 4.07. The van der Waals surface area contributed by atoms with Crippen molar-refractivity contribution in [2.24, 2.45) is 4.99 Å². The molecule has 4 rings (SSSR count). The van der Waals surface area contributed by atoms with Gasteiger partial charge in [0.05, 0.1) is 12.3 Å². The lowest BCUT2D eigenvalue weighted by atomic mass is 10.1. The summed E-state index contributed by atoms with van der Waals surface area (Å²) in [6, 6.07) is 18.4. The number of oxazole rings is 1. The van der Waals surface area contributed by atoms with E-state index < -0.39 is 0 Å². The number of aromatic hydroxyl groups is 1. The van der Waals surface area contributed by atoms with Gasteiger partial charge in [0.15, 0.2) is 5.58 Å². The number of phenols is 1. The predicted molar refractivity (Wildman–Crippen MR) is 113 cm³/mol. The second-order valence-corrected chi connectivity index (χ2v) is 7.24. The SMILES string of the molecule is OCc1ccc(O)c(C=Nc2ccc3oc(-c4cccc(I)c4)nc3c2)c1. The minimum absolute atomic E-state index is 0.0901. The van der Waals surface area contributed by atoms with E-state index in [0.717, 1.165) is 9.13 Å². The molecule has 2 N–H and O–H groups in total. The predicted octanol–water partition coefficient (Wildman–Crippen LogP) is 5.05. The largest absolute Gasteiger partial charge is 0.507 e. The third-order valence-corrected chi connectivity index (χ3v) is 4.74. The Hall–Kier alpha value is -2.71. The van der Waals surface area contributed by atoms with Crippen LogP contribution < -0.4 is 0 Å². The van der Waals surface area contributed by atoms with Gasteiger partial charge in [-0.25, -0.2) is 4.98 Å². The summed E-state index contributed by atoms with van der Waals surface area (Å²) in [4.78, 5) is 8.97. The van der Waals surface area contributed by atoms with Crippen LogP contribution in [0.2, 0.25) is 0 Å². The van der Waals surface area contributed by atoms with Crippen molar-refractivity contribution in [3.63, 3.8) is 0 Å². The zero-order valence-electron chi connectivity index (χ0n) is 14.1. The molecule has 0 saturated carbocycles. The van der Waals surface area contributed by atoms with Gasteiger partial charge in [-0.3, -0.25) is 4.99 Å². The normalized spacial score (nSPS) is 11.5. The molecule has 0 fully saturated rings. The van der Waals surface area contributed by atoms with Gasteiger partial charge in [0.2, 0.25) is 5.89 Å². The van der Waals surface area contributed by atoms with E-state index in [1.807, 2.05) is 42.5 Å². The van der Waals surface area contributed by atoms with Crippen LogP contribution in [0.15, 0.2) is 70.1 Å². The summed E-state index contributed by atoms with van der Waals surface area (Å²) < 4.78 is 6.96. The summed E-state index contributed by atoms with van der Waals surface area (Å²) in [6.45, 7) is -0.0901. The maximum Gasteiger partial charge on any atom is 0.227 e. The number of halogens is 1. The molecule has 0 radical (unpaired) electrons. The average molecular weight is 470 g/mol. The maximum absolute atomic E-state index is 9.93. The second-order valence-electron chi connectivity index (χ2n) is 5.99. The van der Waals surface area contributed by atoms with E-state index in [0.29, 0.717) is 33.8 Å². The average Bonchev–Trinajstić information content (AvgIpc) is 3.11. The number of phenolic OH excluding ortho intramolecular Hbond substituents is 1. The molecule has 0 aliphatic heterocycles. The Morgan fingerprint density at radius 3 is 2.78 bits per heavy atom. The van der Waals surface area contributed by atoms with Crippen LogP contribution in [0.3, 0.4) is 0 Å². The Morgan fingerprint density at radius 2 is 1.96 bits per heavy atom. The second kappa shape index (κ2) is 7.50. The molecule has 1 aromatic heterocycles. The minimum atomic E-state index is -0.0901. The van der Waals surface area contributed by atoms with Crippen LogP contribution in [0, 0.1) is 3.57 Å². The van der Waals surface area contributed by atoms with E-state index in [-0.39, 0.29) is 12.4 Å². The first-order chi connectivity index (χ1) is 13.1. The fourth-order valence-corrected chi connectivity index (χ4v) is 3.23. The highest BCUT2D eigenvalue weighted by Crippen LogP contribution is 2.28. The molecule has 0 aliphatic rings. The highest BCUT2D eigenvalue weighted by atomic mass is 127. The molecule has 0 unspecified atom stereocenters. The van der Waals surface area contributed by atoms with Crippen LogP contribution in [-0.4, -0.2) is 21.4 Å². The molecule has 0 spiro atoms. The molecule has 0 atom stereocenters. The molecule has 1 heterocycles. The summed E-state index contributed by atoms with van der Waals surface area (Å²) in [5.74, 6) is 0.678. The highest BCUT2D eigenvalue weighted by Gasteiger charge is 2.09. The van der Waals surface area contributed by atoms with Crippen molar-refractivity contribution in [3.05, 3.63) is 75.4 Å². The number of aliphatic imine (C=N–C) groups is 1. The van der Waals surface area contributed by atoms with Crippen molar-refractivity contribution in [3.8, 4) is 17.2 Å². The summed E-state index contributed by atoms with van der Waals surface area (Å²) in [5.41, 5.74) is 4.28. The lowest BCUT2D eigenvalue weighted by Crippen LogP contribution is -1.88. The molecule has 0 bridgehead atoms. The fourth-order valence-electron chi connectivity index (χ4n) is 2.69. The first-order valence-electron chi connectivity index (χ1n) is 8.26. The summed E-state index contributed by atoms with van der Waals surface area (Å²) >= 11 is 2.26. The summed E-state index contributed by atoms with van der Waals surface area (Å²) in [5, 5.41) is 19.2. The smallest absolute Gasteiger partial charge is 0.227 e. The van der Waals surface area contributed by atoms with Gasteiger partial charge in [-0.2, -0.15) is 0 Å². The molecule has 3 aromatic carbocycles. The molecule has 0 amide bonds. The zero-order chi connectivity index (χ0) is 18.8. The Balaban J connectivity index is 1.66. The molecule has 6 heteroatoms. The molecule has 134 valence electrons. The van der Waals surface area contributed by atoms with E-state index in [4.69, 9.17) is 4.42 Å². The Bertz CT molecular complexity index is 1150. The van der Waals surface area contributed by atoms with E-state index in [9.17, 15) is 10.2 Å². The Morgan fingerprint density at radius 1 is 1.07 bits per heavy atom. The van der Waals surface area contributed by atoms with Gasteiger partial charge in [0.25, 0.3) is 0 Å². The Labute approximate surface area is 169 Å². The molecule has 0 aliphatic carbocycles. The minimum Gasteiger partial charge on any atom is -0.507 e. The van der Waals surface area contributed by atoms with Gasteiger partial charge in [-0.05, 0) is 76.7 Å². The van der Waals surface area contributed by atoms with Crippen molar-refractivity contribution in [1.29, 1.82) is 0 Å². The van der Waals surface area contributed by atoms with Gasteiger partial charge >= 0.3 is 0 Å². The molecule has 4 aromatic rings. The third kappa shape index (κ3) is 3.86. The van der Waals surface area contributed by atoms with Crippen molar-refractivity contribution in [1.82, 2.24) is 4.98 Å². The summed E-state index contributed by atoms with van der Waals surface area (Å²) in [6.07, 6.45) is 1.57. The van der Waals surface area contributed by atoms with Crippen molar-refractivity contribution in [2.75, 3.05) is 0 Å². The van der Waals surface area contributed by atoms with Gasteiger partial charge in [0, 0.05) is 20.9 Å². The number of benzene rings is 3. The molecule has 5 nitrogen and oxygen atoms in total. The zero-order valence-corrected chi connectivity index (χ0v) is 16.3.